The van der Waals surface area contributed by atoms with Crippen molar-refractivity contribution in [1.82, 2.24) is 0 Å². The fraction of sp³-hybridized carbons (Fsp3) is 1.00. The SMILES string of the molecule is [CH3][Ti]([CH3])[C]1(N)CC2CCC1C2. The summed E-state index contributed by atoms with van der Waals surface area (Å²) in [7, 11) is 0. The molecule has 2 rings (SSSR count). The van der Waals surface area contributed by atoms with Crippen molar-refractivity contribution >= 4 is 0 Å². The van der Waals surface area contributed by atoms with Crippen LogP contribution in [0.1, 0.15) is 25.7 Å². The van der Waals surface area contributed by atoms with Crippen LogP contribution in [-0.2, 0) is 17.9 Å². The van der Waals surface area contributed by atoms with Gasteiger partial charge in [0, 0.05) is 0 Å². The predicted octanol–water partition coefficient (Wildman–Crippen LogP) is 2.18. The fourth-order valence-electron chi connectivity index (χ4n) is 2.98. The van der Waals surface area contributed by atoms with E-state index in [-0.39, 0.29) is 0 Å². The molecule has 2 aliphatic carbocycles. The van der Waals surface area contributed by atoms with E-state index in [4.69, 9.17) is 5.73 Å². The molecule has 2 saturated carbocycles. The Hall–Kier alpha value is 0.674. The summed E-state index contributed by atoms with van der Waals surface area (Å²) in [5.41, 5.74) is 6.46. The van der Waals surface area contributed by atoms with Gasteiger partial charge in [0.25, 0.3) is 0 Å². The van der Waals surface area contributed by atoms with Gasteiger partial charge in [-0.1, -0.05) is 0 Å². The molecule has 1 nitrogen and oxygen atoms in total. The van der Waals surface area contributed by atoms with E-state index in [0.717, 1.165) is 11.8 Å². The molecule has 11 heavy (non-hydrogen) atoms. The second-order valence-corrected chi connectivity index (χ2v) is 9.20. The maximum atomic E-state index is 6.46. The predicted molar refractivity (Wildman–Crippen MR) is 44.1 cm³/mol. The van der Waals surface area contributed by atoms with E-state index < -0.39 is 17.9 Å². The molecular formula is C9H18NTi. The first-order chi connectivity index (χ1) is 5.13. The van der Waals surface area contributed by atoms with Gasteiger partial charge in [0.05, 0.1) is 0 Å². The van der Waals surface area contributed by atoms with Gasteiger partial charge in [-0.25, -0.2) is 0 Å². The van der Waals surface area contributed by atoms with Crippen LogP contribution in [0.4, 0.5) is 0 Å². The average molecular weight is 188 g/mol. The van der Waals surface area contributed by atoms with Crippen LogP contribution in [0.3, 0.4) is 0 Å². The second-order valence-electron chi connectivity index (χ2n) is 4.62. The minimum atomic E-state index is -0.862. The number of rotatable bonds is 1. The monoisotopic (exact) mass is 188 g/mol. The van der Waals surface area contributed by atoms with Gasteiger partial charge in [-0.3, -0.25) is 0 Å². The normalized spacial score (nSPS) is 48.3. The summed E-state index contributed by atoms with van der Waals surface area (Å²) in [6.45, 7) is 0. The Morgan fingerprint density at radius 1 is 1.36 bits per heavy atom. The molecule has 0 heterocycles. The maximum absolute atomic E-state index is 6.46. The Morgan fingerprint density at radius 3 is 2.36 bits per heavy atom. The molecule has 0 spiro atoms. The van der Waals surface area contributed by atoms with Gasteiger partial charge in [0.15, 0.2) is 0 Å². The van der Waals surface area contributed by atoms with Crippen molar-refractivity contribution in [3.63, 3.8) is 0 Å². The quantitative estimate of drug-likeness (QED) is 0.627. The van der Waals surface area contributed by atoms with Crippen LogP contribution in [0, 0.1) is 11.8 Å². The number of hydrogen-bond donors (Lipinski definition) is 1. The first-order valence-corrected chi connectivity index (χ1v) is 8.63. The summed E-state index contributed by atoms with van der Waals surface area (Å²) in [5.74, 6) is 1.95. The summed E-state index contributed by atoms with van der Waals surface area (Å²) in [6.07, 6.45) is 5.77. The van der Waals surface area contributed by atoms with E-state index in [1.54, 1.807) is 0 Å². The summed E-state index contributed by atoms with van der Waals surface area (Å²) in [6, 6.07) is 0. The Morgan fingerprint density at radius 2 is 2.09 bits per heavy atom. The van der Waals surface area contributed by atoms with Crippen molar-refractivity contribution in [3.05, 3.63) is 0 Å². The molecule has 2 heteroatoms. The molecule has 2 bridgehead atoms. The summed E-state index contributed by atoms with van der Waals surface area (Å²) in [4.78, 5) is 0. The Balaban J connectivity index is 2.16. The van der Waals surface area contributed by atoms with Gasteiger partial charge < -0.3 is 0 Å². The molecule has 3 unspecified atom stereocenters. The molecule has 0 saturated heterocycles. The standard InChI is InChI=1S/C7H12N.2CH3.Ti/c8-7-4-5-1-2-6(7)3-5;;;/h5-6H,1-4,8H2;2*1H3;. The Kier molecular flexibility index (Phi) is 1.94. The molecule has 0 aromatic carbocycles. The van der Waals surface area contributed by atoms with Gasteiger partial charge in [-0.05, 0) is 0 Å². The molecule has 3 atom stereocenters. The molecule has 0 aromatic rings. The van der Waals surface area contributed by atoms with Crippen LogP contribution in [0.25, 0.3) is 0 Å². The van der Waals surface area contributed by atoms with Gasteiger partial charge >= 0.3 is 75.4 Å². The van der Waals surface area contributed by atoms with E-state index >= 15 is 0 Å². The van der Waals surface area contributed by atoms with E-state index in [2.05, 4.69) is 10.5 Å². The summed E-state index contributed by atoms with van der Waals surface area (Å²) < 4.78 is 0.378. The number of fused-ring (bicyclic) bond motifs is 2. The van der Waals surface area contributed by atoms with Crippen molar-refractivity contribution < 1.29 is 17.9 Å². The van der Waals surface area contributed by atoms with Gasteiger partial charge in [-0.15, -0.1) is 0 Å². The molecule has 2 fully saturated rings. The van der Waals surface area contributed by atoms with Crippen LogP contribution >= 0.6 is 0 Å². The van der Waals surface area contributed by atoms with Crippen molar-refractivity contribution in [3.8, 4) is 0 Å². The summed E-state index contributed by atoms with van der Waals surface area (Å²) >= 11 is -0.862. The molecule has 2 N–H and O–H groups in total. The first kappa shape index (κ1) is 8.28. The second kappa shape index (κ2) is 2.58. The average Bonchev–Trinajstić information content (AvgIpc) is 2.45. The molecule has 0 amide bonds. The van der Waals surface area contributed by atoms with E-state index in [9.17, 15) is 0 Å². The van der Waals surface area contributed by atoms with Crippen LogP contribution in [-0.4, -0.2) is 3.84 Å². The third kappa shape index (κ3) is 1.13. The molecule has 0 aromatic heterocycles. The first-order valence-electron chi connectivity index (χ1n) is 4.72. The van der Waals surface area contributed by atoms with Gasteiger partial charge in [-0.2, -0.15) is 0 Å². The number of hydrogen-bond acceptors (Lipinski definition) is 1. The molecule has 0 aliphatic heterocycles. The van der Waals surface area contributed by atoms with Gasteiger partial charge in [0.1, 0.15) is 0 Å². The summed E-state index contributed by atoms with van der Waals surface area (Å²) in [5, 5.41) is 4.89. The van der Waals surface area contributed by atoms with E-state index in [1.807, 2.05) is 0 Å². The van der Waals surface area contributed by atoms with Crippen LogP contribution < -0.4 is 5.73 Å². The van der Waals surface area contributed by atoms with Crippen molar-refractivity contribution in [2.75, 3.05) is 0 Å². The number of nitrogens with two attached hydrogens (primary N) is 1. The topological polar surface area (TPSA) is 26.0 Å². The van der Waals surface area contributed by atoms with Crippen LogP contribution in [0.2, 0.25) is 10.5 Å². The molecule has 2 aliphatic rings. The molecule has 0 radical (unpaired) electrons. The third-order valence-corrected chi connectivity index (χ3v) is 7.69. The zero-order valence-electron chi connectivity index (χ0n) is 7.56. The van der Waals surface area contributed by atoms with Crippen LogP contribution in [0.5, 0.6) is 0 Å². The fourth-order valence-corrected chi connectivity index (χ4v) is 5.76. The third-order valence-electron chi connectivity index (χ3n) is 3.83. The zero-order valence-corrected chi connectivity index (χ0v) is 9.12. The minimum absolute atomic E-state index is 0.378. The van der Waals surface area contributed by atoms with Crippen molar-refractivity contribution in [2.45, 2.75) is 40.0 Å². The molecule has 63 valence electrons. The Bertz CT molecular complexity index is 169. The van der Waals surface area contributed by atoms with Crippen molar-refractivity contribution in [2.24, 2.45) is 17.6 Å². The zero-order chi connectivity index (χ0) is 8.06. The van der Waals surface area contributed by atoms with E-state index in [0.29, 0.717) is 3.84 Å². The Labute approximate surface area is 75.6 Å². The molecular weight excluding hydrogens is 170 g/mol. The van der Waals surface area contributed by atoms with Gasteiger partial charge in [0.2, 0.25) is 0 Å². The van der Waals surface area contributed by atoms with Crippen molar-refractivity contribution in [1.29, 1.82) is 0 Å². The van der Waals surface area contributed by atoms with Crippen LogP contribution in [0.15, 0.2) is 0 Å². The van der Waals surface area contributed by atoms with E-state index in [1.165, 1.54) is 25.7 Å².